The molecule has 2 atom stereocenters. The third-order valence-corrected chi connectivity index (χ3v) is 6.87. The van der Waals surface area contributed by atoms with Gasteiger partial charge >= 0.3 is 0 Å². The average Bonchev–Trinajstić information content (AvgIpc) is 3.22. The fourth-order valence-corrected chi connectivity index (χ4v) is 5.19. The zero-order valence-corrected chi connectivity index (χ0v) is 17.1. The Bertz CT molecular complexity index is 1320. The van der Waals surface area contributed by atoms with Crippen molar-refractivity contribution in [2.24, 2.45) is 4.40 Å². The molecular formula is C23H19N3O4S. The van der Waals surface area contributed by atoms with Crippen LogP contribution in [0.25, 0.3) is 0 Å². The molecule has 0 saturated carbocycles. The highest BCUT2D eigenvalue weighted by atomic mass is 32.2. The van der Waals surface area contributed by atoms with Gasteiger partial charge in [0.1, 0.15) is 4.90 Å². The smallest absolute Gasteiger partial charge is 0.285 e. The molecule has 0 fully saturated rings. The van der Waals surface area contributed by atoms with Gasteiger partial charge in [0.15, 0.2) is 5.84 Å². The number of anilines is 1. The Morgan fingerprint density at radius 1 is 0.968 bits per heavy atom. The van der Waals surface area contributed by atoms with Crippen LogP contribution in [-0.4, -0.2) is 31.4 Å². The van der Waals surface area contributed by atoms with E-state index in [1.807, 2.05) is 24.3 Å². The molecule has 31 heavy (non-hydrogen) atoms. The van der Waals surface area contributed by atoms with E-state index in [9.17, 15) is 18.3 Å². The lowest BCUT2D eigenvalue weighted by Crippen LogP contribution is -2.33. The lowest BCUT2D eigenvalue weighted by atomic mass is 10.1. The van der Waals surface area contributed by atoms with Gasteiger partial charge < -0.3 is 15.7 Å². The number of hydrogen-bond acceptors (Lipinski definition) is 5. The van der Waals surface area contributed by atoms with Gasteiger partial charge in [-0.3, -0.25) is 4.79 Å². The van der Waals surface area contributed by atoms with Crippen molar-refractivity contribution in [3.05, 3.63) is 95.1 Å². The molecular weight excluding hydrogens is 414 g/mol. The molecule has 0 spiro atoms. The Kier molecular flexibility index (Phi) is 4.60. The van der Waals surface area contributed by atoms with E-state index < -0.39 is 22.2 Å². The zero-order chi connectivity index (χ0) is 21.6. The number of benzene rings is 3. The number of amidine groups is 1. The number of sulfonamides is 1. The highest BCUT2D eigenvalue weighted by Gasteiger charge is 2.32. The minimum absolute atomic E-state index is 0.170. The van der Waals surface area contributed by atoms with E-state index in [1.54, 1.807) is 42.5 Å². The van der Waals surface area contributed by atoms with Crippen molar-refractivity contribution in [3.8, 4) is 0 Å². The molecule has 0 unspecified atom stereocenters. The molecule has 0 radical (unpaired) electrons. The van der Waals surface area contributed by atoms with E-state index in [-0.39, 0.29) is 16.6 Å². The molecule has 3 N–H and O–H groups in total. The fraction of sp³-hybridized carbons (Fsp3) is 0.130. The third kappa shape index (κ3) is 3.49. The summed E-state index contributed by atoms with van der Waals surface area (Å²) in [5, 5.41) is 16.3. The lowest BCUT2D eigenvalue weighted by Gasteiger charge is -2.18. The van der Waals surface area contributed by atoms with Crippen LogP contribution in [0.1, 0.15) is 33.1 Å². The standard InChI is InChI=1S/C23H19N3O4S/c27-19-13-15-5-1-2-6-17(15)21(19)25-23(28)14-9-11-16(12-10-14)24-22-18-7-3-4-8-20(18)31(29,30)26-22/h1-12,19,21,27H,13H2,(H,24,26)(H,25,28)/t19-,21+/m1/s1. The fourth-order valence-electron chi connectivity index (χ4n) is 4.01. The largest absolute Gasteiger partial charge is 0.390 e. The van der Waals surface area contributed by atoms with Crippen molar-refractivity contribution in [2.45, 2.75) is 23.5 Å². The Balaban J connectivity index is 1.32. The highest BCUT2D eigenvalue weighted by Crippen LogP contribution is 2.31. The number of amides is 1. The second kappa shape index (κ2) is 7.33. The number of aliphatic hydroxyl groups excluding tert-OH is 1. The van der Waals surface area contributed by atoms with Crippen molar-refractivity contribution >= 4 is 27.5 Å². The molecule has 0 saturated heterocycles. The van der Waals surface area contributed by atoms with E-state index in [4.69, 9.17) is 0 Å². The van der Waals surface area contributed by atoms with E-state index >= 15 is 0 Å². The van der Waals surface area contributed by atoms with Gasteiger partial charge in [-0.15, -0.1) is 4.40 Å². The second-order valence-corrected chi connectivity index (χ2v) is 9.11. The number of carbonyl (C=O) groups is 1. The summed E-state index contributed by atoms with van der Waals surface area (Å²) in [6.07, 6.45) is -0.152. The molecule has 1 aliphatic heterocycles. The minimum Gasteiger partial charge on any atom is -0.390 e. The van der Waals surface area contributed by atoms with Crippen LogP contribution in [0, 0.1) is 0 Å². The Morgan fingerprint density at radius 2 is 1.68 bits per heavy atom. The molecule has 1 aliphatic carbocycles. The summed E-state index contributed by atoms with van der Waals surface area (Å²) in [6.45, 7) is 0. The number of hydrogen-bond donors (Lipinski definition) is 3. The van der Waals surface area contributed by atoms with Crippen molar-refractivity contribution in [3.63, 3.8) is 0 Å². The van der Waals surface area contributed by atoms with Crippen LogP contribution >= 0.6 is 0 Å². The first-order valence-corrected chi connectivity index (χ1v) is 11.2. The van der Waals surface area contributed by atoms with Crippen LogP contribution in [0.3, 0.4) is 0 Å². The maximum Gasteiger partial charge on any atom is 0.285 e. The molecule has 0 aromatic heterocycles. The SMILES string of the molecule is O=C(N[C@H]1c2ccccc2C[C@H]1O)c1ccc(NC2=NS(=O)(=O)c3ccccc32)cc1. The van der Waals surface area contributed by atoms with Crippen LogP contribution in [-0.2, 0) is 16.4 Å². The van der Waals surface area contributed by atoms with Crippen LogP contribution in [0.2, 0.25) is 0 Å². The topological polar surface area (TPSA) is 108 Å². The quantitative estimate of drug-likeness (QED) is 0.589. The van der Waals surface area contributed by atoms with Crippen LogP contribution in [0.4, 0.5) is 5.69 Å². The van der Waals surface area contributed by atoms with Crippen molar-refractivity contribution in [1.29, 1.82) is 0 Å². The van der Waals surface area contributed by atoms with E-state index in [0.717, 1.165) is 11.1 Å². The Morgan fingerprint density at radius 3 is 2.48 bits per heavy atom. The molecule has 3 aromatic carbocycles. The van der Waals surface area contributed by atoms with Gasteiger partial charge in [-0.05, 0) is 47.5 Å². The van der Waals surface area contributed by atoms with Gasteiger partial charge in [0.25, 0.3) is 15.9 Å². The molecule has 5 rings (SSSR count). The predicted octanol–water partition coefficient (Wildman–Crippen LogP) is 2.64. The highest BCUT2D eigenvalue weighted by molar-refractivity contribution is 7.90. The summed E-state index contributed by atoms with van der Waals surface area (Å²) in [5.41, 5.74) is 3.52. The van der Waals surface area contributed by atoms with Gasteiger partial charge in [0.2, 0.25) is 0 Å². The summed E-state index contributed by atoms with van der Waals surface area (Å²) in [6, 6.07) is 20.5. The summed E-state index contributed by atoms with van der Waals surface area (Å²) in [4.78, 5) is 12.9. The maximum absolute atomic E-state index is 12.7. The van der Waals surface area contributed by atoms with Crippen LogP contribution < -0.4 is 10.6 Å². The summed E-state index contributed by atoms with van der Waals surface area (Å²) < 4.78 is 28.2. The van der Waals surface area contributed by atoms with Crippen LogP contribution in [0.5, 0.6) is 0 Å². The molecule has 1 amide bonds. The predicted molar refractivity (Wildman–Crippen MR) is 117 cm³/mol. The van der Waals surface area contributed by atoms with Crippen molar-refractivity contribution < 1.29 is 18.3 Å². The molecule has 1 heterocycles. The Hall–Kier alpha value is -3.49. The van der Waals surface area contributed by atoms with Crippen molar-refractivity contribution in [1.82, 2.24) is 5.32 Å². The molecule has 0 bridgehead atoms. The number of rotatable bonds is 3. The maximum atomic E-state index is 12.7. The molecule has 3 aromatic rings. The second-order valence-electron chi connectivity index (χ2n) is 7.53. The van der Waals surface area contributed by atoms with Gasteiger partial charge in [0.05, 0.1) is 12.1 Å². The monoisotopic (exact) mass is 433 g/mol. The summed E-state index contributed by atoms with van der Waals surface area (Å²) in [5.74, 6) is -0.0445. The first-order valence-electron chi connectivity index (χ1n) is 9.80. The number of nitrogens with zero attached hydrogens (tertiary/aromatic N) is 1. The molecule has 2 aliphatic rings. The van der Waals surface area contributed by atoms with Gasteiger partial charge in [-0.1, -0.05) is 36.4 Å². The number of aliphatic hydroxyl groups is 1. The Labute approximate surface area is 179 Å². The normalized spacial score (nSPS) is 20.5. The number of fused-ring (bicyclic) bond motifs is 2. The average molecular weight is 433 g/mol. The minimum atomic E-state index is -3.70. The molecule has 7 nitrogen and oxygen atoms in total. The van der Waals surface area contributed by atoms with Crippen molar-refractivity contribution in [2.75, 3.05) is 5.32 Å². The zero-order valence-electron chi connectivity index (χ0n) is 16.3. The summed E-state index contributed by atoms with van der Waals surface area (Å²) in [7, 11) is -3.70. The first-order chi connectivity index (χ1) is 14.9. The summed E-state index contributed by atoms with van der Waals surface area (Å²) >= 11 is 0. The molecule has 156 valence electrons. The van der Waals surface area contributed by atoms with Gasteiger partial charge in [-0.2, -0.15) is 8.42 Å². The number of carbonyl (C=O) groups excluding carboxylic acids is 1. The molecule has 8 heteroatoms. The van der Waals surface area contributed by atoms with Crippen LogP contribution in [0.15, 0.2) is 82.1 Å². The van der Waals surface area contributed by atoms with E-state index in [2.05, 4.69) is 15.0 Å². The van der Waals surface area contributed by atoms with E-state index in [0.29, 0.717) is 23.2 Å². The van der Waals surface area contributed by atoms with Gasteiger partial charge in [-0.25, -0.2) is 0 Å². The van der Waals surface area contributed by atoms with Gasteiger partial charge in [0, 0.05) is 23.2 Å². The lowest BCUT2D eigenvalue weighted by molar-refractivity contribution is 0.0858. The number of nitrogens with one attached hydrogen (secondary N) is 2. The van der Waals surface area contributed by atoms with E-state index in [1.165, 1.54) is 6.07 Å². The first kappa shape index (κ1) is 19.5. The third-order valence-electron chi connectivity index (χ3n) is 5.53.